The van der Waals surface area contributed by atoms with E-state index in [9.17, 15) is 15.0 Å². The third kappa shape index (κ3) is 8.13. The van der Waals surface area contributed by atoms with E-state index in [4.69, 9.17) is 0 Å². The molecule has 248 valence electrons. The number of carbonyl (C=O) groups excluding carboxylic acids is 1. The fourth-order valence-electron chi connectivity index (χ4n) is 9.43. The number of halogens is 1. The van der Waals surface area contributed by atoms with Gasteiger partial charge in [-0.05, 0) is 110 Å². The molecule has 4 nitrogen and oxygen atoms in total. The summed E-state index contributed by atoms with van der Waals surface area (Å²) in [6.07, 6.45) is 14.3. The zero-order valence-electron chi connectivity index (χ0n) is 27.9. The third-order valence-corrected chi connectivity index (χ3v) is 11.9. The van der Waals surface area contributed by atoms with E-state index < -0.39 is 12.3 Å². The zero-order valence-corrected chi connectivity index (χ0v) is 27.9. The number of hydrogen-bond acceptors (Lipinski definition) is 3. The van der Waals surface area contributed by atoms with Crippen LogP contribution in [0.3, 0.4) is 0 Å². The van der Waals surface area contributed by atoms with E-state index in [2.05, 4.69) is 43.0 Å². The highest BCUT2D eigenvalue weighted by atomic mass is 19.1. The molecule has 2 fully saturated rings. The lowest BCUT2D eigenvalue weighted by atomic mass is 9.51. The molecule has 5 heteroatoms. The standard InChI is InChI=1S/C40H58FNO3/c1-3-4-5-6-7-12-24-42(37(45)19-14-17-29-15-9-8-10-16-29)25-13-11-18-30-26-31-27-32(43)20-21-33(31)39-35(41)28-40(2)34(38(30)39)22-23-36(40)44/h8-10,15-16,20-21,27,30,34-36,38-39,43-44H,3-7,11-14,17-19,22-26,28H2,1-2H3/t30?,34?,35?,36?,38?,39?,40-/m0/s1. The van der Waals surface area contributed by atoms with Crippen LogP contribution in [0.2, 0.25) is 0 Å². The summed E-state index contributed by atoms with van der Waals surface area (Å²) in [6.45, 7) is 6.01. The van der Waals surface area contributed by atoms with Crippen LogP contribution in [0.1, 0.15) is 126 Å². The number of aliphatic hydroxyl groups is 1. The van der Waals surface area contributed by atoms with Crippen molar-refractivity contribution in [1.29, 1.82) is 0 Å². The minimum Gasteiger partial charge on any atom is -0.508 e. The highest BCUT2D eigenvalue weighted by molar-refractivity contribution is 5.76. The van der Waals surface area contributed by atoms with E-state index in [1.54, 1.807) is 6.07 Å². The van der Waals surface area contributed by atoms with Crippen molar-refractivity contribution < 1.29 is 19.4 Å². The Labute approximate surface area is 271 Å². The first kappa shape index (κ1) is 33.9. The Kier molecular flexibility index (Phi) is 12.0. The van der Waals surface area contributed by atoms with Gasteiger partial charge < -0.3 is 15.1 Å². The SMILES string of the molecule is CCCCCCCCN(CCCCC1Cc2cc(O)ccc2C2C(F)C[C@]3(C)C(O)CCC3C12)C(=O)CCCc1ccccc1. The quantitative estimate of drug-likeness (QED) is 0.184. The molecule has 0 saturated heterocycles. The van der Waals surface area contributed by atoms with Crippen LogP contribution in [-0.2, 0) is 17.6 Å². The molecule has 1 amide bonds. The maximum absolute atomic E-state index is 16.1. The topological polar surface area (TPSA) is 60.8 Å². The molecule has 2 N–H and O–H groups in total. The minimum atomic E-state index is -0.976. The molecule has 2 aromatic carbocycles. The molecule has 0 radical (unpaired) electrons. The molecular weight excluding hydrogens is 561 g/mol. The summed E-state index contributed by atoms with van der Waals surface area (Å²) in [6, 6.07) is 16.0. The number of alkyl halides is 1. The third-order valence-electron chi connectivity index (χ3n) is 11.9. The first-order chi connectivity index (χ1) is 21.8. The number of fused-ring (bicyclic) bond motifs is 5. The molecule has 3 aliphatic carbocycles. The second kappa shape index (κ2) is 15.9. The van der Waals surface area contributed by atoms with Crippen molar-refractivity contribution >= 4 is 5.91 Å². The van der Waals surface area contributed by atoms with Crippen molar-refractivity contribution in [3.8, 4) is 5.75 Å². The highest BCUT2D eigenvalue weighted by Crippen LogP contribution is 2.63. The molecule has 2 aromatic rings. The van der Waals surface area contributed by atoms with Crippen molar-refractivity contribution in [3.63, 3.8) is 0 Å². The molecule has 7 atom stereocenters. The van der Waals surface area contributed by atoms with Gasteiger partial charge in [-0.2, -0.15) is 0 Å². The number of nitrogens with zero attached hydrogens (tertiary/aromatic N) is 1. The van der Waals surface area contributed by atoms with Crippen LogP contribution in [0.25, 0.3) is 0 Å². The van der Waals surface area contributed by atoms with E-state index in [0.717, 1.165) is 82.0 Å². The van der Waals surface area contributed by atoms with E-state index in [0.29, 0.717) is 24.7 Å². The van der Waals surface area contributed by atoms with Crippen LogP contribution in [0.4, 0.5) is 4.39 Å². The van der Waals surface area contributed by atoms with Crippen LogP contribution >= 0.6 is 0 Å². The number of amides is 1. The molecule has 6 unspecified atom stereocenters. The van der Waals surface area contributed by atoms with Gasteiger partial charge in [-0.15, -0.1) is 0 Å². The van der Waals surface area contributed by atoms with Gasteiger partial charge in [0.2, 0.25) is 5.91 Å². The average Bonchev–Trinajstić information content (AvgIpc) is 3.32. The van der Waals surface area contributed by atoms with Crippen molar-refractivity contribution in [2.45, 2.75) is 135 Å². The van der Waals surface area contributed by atoms with Gasteiger partial charge in [0.05, 0.1) is 6.10 Å². The molecule has 0 aromatic heterocycles. The zero-order chi connectivity index (χ0) is 31.8. The number of phenols is 1. The summed E-state index contributed by atoms with van der Waals surface area (Å²) in [4.78, 5) is 15.5. The van der Waals surface area contributed by atoms with Gasteiger partial charge in [0.15, 0.2) is 0 Å². The maximum atomic E-state index is 16.1. The Morgan fingerprint density at radius 2 is 1.69 bits per heavy atom. The number of phenolic OH excluding ortho intramolecular Hbond substituents is 1. The average molecular weight is 620 g/mol. The van der Waals surface area contributed by atoms with Gasteiger partial charge in [0.25, 0.3) is 0 Å². The molecule has 2 saturated carbocycles. The summed E-state index contributed by atoms with van der Waals surface area (Å²) >= 11 is 0. The summed E-state index contributed by atoms with van der Waals surface area (Å²) in [5, 5.41) is 21.2. The molecule has 45 heavy (non-hydrogen) atoms. The number of aryl methyl sites for hydroxylation is 1. The Morgan fingerprint density at radius 3 is 2.47 bits per heavy atom. The van der Waals surface area contributed by atoms with Crippen LogP contribution in [0, 0.1) is 23.2 Å². The highest BCUT2D eigenvalue weighted by Gasteiger charge is 2.59. The van der Waals surface area contributed by atoms with Gasteiger partial charge in [0.1, 0.15) is 11.9 Å². The molecular formula is C40H58FNO3. The Balaban J connectivity index is 1.21. The normalized spacial score (nSPS) is 28.7. The minimum absolute atomic E-state index is 0.155. The molecule has 5 rings (SSSR count). The first-order valence-corrected chi connectivity index (χ1v) is 18.3. The van der Waals surface area contributed by atoms with Crippen LogP contribution < -0.4 is 0 Å². The van der Waals surface area contributed by atoms with Crippen molar-refractivity contribution in [2.24, 2.45) is 23.2 Å². The fourth-order valence-corrected chi connectivity index (χ4v) is 9.43. The number of unbranched alkanes of at least 4 members (excludes halogenated alkanes) is 6. The van der Waals surface area contributed by atoms with E-state index in [-0.39, 0.29) is 28.9 Å². The lowest BCUT2D eigenvalue weighted by Gasteiger charge is -2.54. The largest absolute Gasteiger partial charge is 0.508 e. The van der Waals surface area contributed by atoms with Gasteiger partial charge in [-0.1, -0.05) is 88.8 Å². The van der Waals surface area contributed by atoms with E-state index >= 15 is 4.39 Å². The second-order valence-electron chi connectivity index (χ2n) is 14.9. The lowest BCUT2D eigenvalue weighted by Crippen LogP contribution is -2.51. The van der Waals surface area contributed by atoms with Crippen LogP contribution in [0.5, 0.6) is 5.75 Å². The molecule has 0 aliphatic heterocycles. The molecule has 0 bridgehead atoms. The van der Waals surface area contributed by atoms with Crippen molar-refractivity contribution in [2.75, 3.05) is 13.1 Å². The number of benzene rings is 2. The van der Waals surface area contributed by atoms with Crippen molar-refractivity contribution in [3.05, 3.63) is 65.2 Å². The number of hydrogen-bond donors (Lipinski definition) is 2. The van der Waals surface area contributed by atoms with Crippen LogP contribution in [0.15, 0.2) is 48.5 Å². The Bertz CT molecular complexity index is 1220. The van der Waals surface area contributed by atoms with Gasteiger partial charge in [0, 0.05) is 25.4 Å². The summed E-state index contributed by atoms with van der Waals surface area (Å²) in [5.74, 6) is 1.25. The summed E-state index contributed by atoms with van der Waals surface area (Å²) < 4.78 is 16.1. The number of aliphatic hydroxyl groups excluding tert-OH is 1. The molecule has 3 aliphatic rings. The van der Waals surface area contributed by atoms with E-state index in [1.165, 1.54) is 37.7 Å². The summed E-state index contributed by atoms with van der Waals surface area (Å²) in [5.41, 5.74) is 3.12. The Hall–Kier alpha value is -2.40. The Morgan fingerprint density at radius 1 is 0.956 bits per heavy atom. The lowest BCUT2D eigenvalue weighted by molar-refractivity contribution is -0.131. The number of aromatic hydroxyl groups is 1. The van der Waals surface area contributed by atoms with Crippen LogP contribution in [-0.4, -0.2) is 46.4 Å². The molecule has 0 heterocycles. The fraction of sp³-hybridized carbons (Fsp3) is 0.675. The van der Waals surface area contributed by atoms with Gasteiger partial charge in [-0.25, -0.2) is 4.39 Å². The van der Waals surface area contributed by atoms with E-state index in [1.807, 2.05) is 18.2 Å². The number of carbonyl (C=O) groups is 1. The summed E-state index contributed by atoms with van der Waals surface area (Å²) in [7, 11) is 0. The second-order valence-corrected chi connectivity index (χ2v) is 14.9. The monoisotopic (exact) mass is 619 g/mol. The molecule has 0 spiro atoms. The van der Waals surface area contributed by atoms with Crippen molar-refractivity contribution in [1.82, 2.24) is 4.90 Å². The predicted octanol–water partition coefficient (Wildman–Crippen LogP) is 9.17. The first-order valence-electron chi connectivity index (χ1n) is 18.3. The van der Waals surface area contributed by atoms with Gasteiger partial charge in [-0.3, -0.25) is 4.79 Å². The van der Waals surface area contributed by atoms with Gasteiger partial charge >= 0.3 is 0 Å². The predicted molar refractivity (Wildman–Crippen MR) is 181 cm³/mol. The smallest absolute Gasteiger partial charge is 0.222 e. The maximum Gasteiger partial charge on any atom is 0.222 e. The number of rotatable bonds is 16.